The monoisotopic (exact) mass is 716 g/mol. The average Bonchev–Trinajstić information content (AvgIpc) is 3.75. The predicted molar refractivity (Wildman–Crippen MR) is 194 cm³/mol. The highest BCUT2D eigenvalue weighted by Gasteiger charge is 2.47. The molecule has 5 atom stereocenters. The van der Waals surface area contributed by atoms with Gasteiger partial charge in [0.05, 0.1) is 35.5 Å². The number of methoxy groups -OCH3 is 1. The van der Waals surface area contributed by atoms with Crippen molar-refractivity contribution in [2.45, 2.75) is 67.6 Å². The van der Waals surface area contributed by atoms with Crippen LogP contribution in [0.3, 0.4) is 0 Å². The Morgan fingerprint density at radius 3 is 2.48 bits per heavy atom. The molecule has 2 unspecified atom stereocenters. The molecule has 4 aliphatic rings. The number of anilines is 1. The number of pyridine rings is 1. The first-order valence-corrected chi connectivity index (χ1v) is 18.0. The minimum Gasteiger partial charge on any atom is -0.480 e. The lowest BCUT2D eigenvalue weighted by atomic mass is 9.71. The van der Waals surface area contributed by atoms with Crippen LogP contribution < -0.4 is 30.9 Å². The van der Waals surface area contributed by atoms with Gasteiger partial charge in [-0.2, -0.15) is 0 Å². The van der Waals surface area contributed by atoms with Gasteiger partial charge < -0.3 is 30.9 Å². The SMILES string of the molecule is COc1nc(C2(c3ccc4c(n3)N(C)CC[C@H]4NC[C@H]3CCC(=O)N3)C=CC=C(c3ccccc3Cl)C2Cl)cnc1CNC[C@H]1CCC(=O)N1. The highest BCUT2D eigenvalue weighted by atomic mass is 35.5. The number of aromatic nitrogens is 3. The molecule has 3 aromatic rings. The number of alkyl halides is 1. The quantitative estimate of drug-likeness (QED) is 0.216. The summed E-state index contributed by atoms with van der Waals surface area (Å²) in [6, 6.07) is 12.2. The Balaban J connectivity index is 1.25. The van der Waals surface area contributed by atoms with E-state index in [1.807, 2.05) is 48.6 Å². The van der Waals surface area contributed by atoms with Gasteiger partial charge in [-0.3, -0.25) is 14.6 Å². The zero-order valence-corrected chi connectivity index (χ0v) is 29.7. The second-order valence-corrected chi connectivity index (χ2v) is 14.3. The number of allylic oxidation sites excluding steroid dienone is 4. The standard InChI is InChI=1S/C37H42Cl2N8O3/c1-47-17-15-28(41-19-23-10-14-33(49)44-23)26-11-12-30(45-35(26)47)37(16-5-7-25(34(37)39)24-6-3-4-8-27(24)38)31-21-42-29(36(46-31)50-2)20-40-18-22-9-13-32(48)43-22/h3-8,11-12,16,21-23,28,34,40-41H,9-10,13-15,17-20H2,1-2H3,(H,43,48)(H,44,49)/t22-,23-,28-,34?,37?/m1/s1. The molecule has 5 heterocycles. The molecule has 0 radical (unpaired) electrons. The van der Waals surface area contributed by atoms with Crippen LogP contribution in [0.15, 0.2) is 60.8 Å². The van der Waals surface area contributed by atoms with Crippen LogP contribution in [0, 0.1) is 0 Å². The number of carbonyl (C=O) groups excluding carboxylic acids is 2. The van der Waals surface area contributed by atoms with E-state index < -0.39 is 10.8 Å². The molecule has 1 aromatic carbocycles. The van der Waals surface area contributed by atoms with Crippen molar-refractivity contribution >= 4 is 46.4 Å². The van der Waals surface area contributed by atoms with Gasteiger partial charge in [0.15, 0.2) is 0 Å². The first-order valence-electron chi connectivity index (χ1n) is 17.2. The number of nitrogens with zero attached hydrogens (tertiary/aromatic N) is 4. The molecule has 13 heteroatoms. The fourth-order valence-corrected chi connectivity index (χ4v) is 8.19. The van der Waals surface area contributed by atoms with E-state index in [1.54, 1.807) is 13.3 Å². The van der Waals surface area contributed by atoms with E-state index in [1.165, 1.54) is 0 Å². The van der Waals surface area contributed by atoms with Crippen molar-refractivity contribution in [2.24, 2.45) is 0 Å². The topological polar surface area (TPSA) is 133 Å². The average molecular weight is 718 g/mol. The normalized spacial score (nSPS) is 26.0. The summed E-state index contributed by atoms with van der Waals surface area (Å²) >= 11 is 14.4. The molecule has 7 rings (SSSR count). The lowest BCUT2D eigenvalue weighted by Crippen LogP contribution is -2.42. The molecule has 3 aliphatic heterocycles. The second-order valence-electron chi connectivity index (χ2n) is 13.4. The van der Waals surface area contributed by atoms with Crippen molar-refractivity contribution in [1.82, 2.24) is 36.2 Å². The number of carbonyl (C=O) groups is 2. The minimum atomic E-state index is -1.03. The Labute approximate surface area is 302 Å². The van der Waals surface area contributed by atoms with E-state index in [4.69, 9.17) is 42.9 Å². The largest absolute Gasteiger partial charge is 0.480 e. The molecule has 1 aliphatic carbocycles. The number of hydrogen-bond donors (Lipinski definition) is 4. The van der Waals surface area contributed by atoms with E-state index in [-0.39, 0.29) is 29.9 Å². The smallest absolute Gasteiger partial charge is 0.237 e. The summed E-state index contributed by atoms with van der Waals surface area (Å²) in [4.78, 5) is 40.9. The molecular formula is C37H42Cl2N8O3. The molecule has 2 aromatic heterocycles. The molecule has 2 amide bonds. The van der Waals surface area contributed by atoms with Crippen LogP contribution in [0.2, 0.25) is 5.02 Å². The summed E-state index contributed by atoms with van der Waals surface area (Å²) in [6.07, 6.45) is 11.5. The van der Waals surface area contributed by atoms with Gasteiger partial charge in [-0.1, -0.05) is 54.1 Å². The lowest BCUT2D eigenvalue weighted by Gasteiger charge is -2.40. The van der Waals surface area contributed by atoms with Crippen LogP contribution in [0.1, 0.15) is 66.4 Å². The first kappa shape index (κ1) is 34.4. The molecule has 2 saturated heterocycles. The maximum atomic E-state index is 11.8. The third kappa shape index (κ3) is 6.71. The van der Waals surface area contributed by atoms with E-state index >= 15 is 0 Å². The zero-order chi connectivity index (χ0) is 34.8. The molecule has 0 saturated carbocycles. The molecular weight excluding hydrogens is 675 g/mol. The van der Waals surface area contributed by atoms with Gasteiger partial charge in [0.25, 0.3) is 0 Å². The van der Waals surface area contributed by atoms with Crippen LogP contribution in [0.25, 0.3) is 5.57 Å². The molecule has 11 nitrogen and oxygen atoms in total. The van der Waals surface area contributed by atoms with E-state index in [2.05, 4.69) is 39.3 Å². The van der Waals surface area contributed by atoms with Gasteiger partial charge in [-0.25, -0.2) is 9.97 Å². The summed E-state index contributed by atoms with van der Waals surface area (Å²) < 4.78 is 5.81. The molecule has 50 heavy (non-hydrogen) atoms. The zero-order valence-electron chi connectivity index (χ0n) is 28.2. The number of hydrogen-bond acceptors (Lipinski definition) is 9. The number of fused-ring (bicyclic) bond motifs is 1. The number of benzene rings is 1. The summed E-state index contributed by atoms with van der Waals surface area (Å²) in [5.74, 6) is 1.45. The third-order valence-corrected chi connectivity index (χ3v) is 11.1. The molecule has 262 valence electrons. The Kier molecular flexibility index (Phi) is 10.1. The van der Waals surface area contributed by atoms with E-state index in [9.17, 15) is 9.59 Å². The highest BCUT2D eigenvalue weighted by molar-refractivity contribution is 6.34. The van der Waals surface area contributed by atoms with Gasteiger partial charge in [-0.05, 0) is 42.5 Å². The molecule has 0 bridgehead atoms. The summed E-state index contributed by atoms with van der Waals surface area (Å²) in [5, 5.41) is 13.1. The maximum Gasteiger partial charge on any atom is 0.237 e. The van der Waals surface area contributed by atoms with E-state index in [0.717, 1.165) is 54.0 Å². The van der Waals surface area contributed by atoms with Crippen LogP contribution in [0.5, 0.6) is 5.88 Å². The van der Waals surface area contributed by atoms with Crippen LogP contribution in [-0.2, 0) is 21.5 Å². The van der Waals surface area contributed by atoms with Crippen LogP contribution in [0.4, 0.5) is 5.82 Å². The lowest BCUT2D eigenvalue weighted by molar-refractivity contribution is -0.120. The van der Waals surface area contributed by atoms with Crippen molar-refractivity contribution < 1.29 is 14.3 Å². The van der Waals surface area contributed by atoms with Crippen molar-refractivity contribution in [3.63, 3.8) is 0 Å². The first-order chi connectivity index (χ1) is 24.3. The number of amides is 2. The minimum absolute atomic E-state index is 0.0815. The highest BCUT2D eigenvalue weighted by Crippen LogP contribution is 2.48. The van der Waals surface area contributed by atoms with E-state index in [0.29, 0.717) is 54.8 Å². The van der Waals surface area contributed by atoms with Gasteiger partial charge >= 0.3 is 0 Å². The molecule has 0 spiro atoms. The van der Waals surface area contributed by atoms with Crippen LogP contribution >= 0.6 is 23.2 Å². The fourth-order valence-electron chi connectivity index (χ4n) is 7.46. The fraction of sp³-hybridized carbons (Fsp3) is 0.432. The number of rotatable bonds is 11. The summed E-state index contributed by atoms with van der Waals surface area (Å²) in [7, 11) is 3.64. The Bertz CT molecular complexity index is 1840. The Morgan fingerprint density at radius 1 is 1.00 bits per heavy atom. The Morgan fingerprint density at radius 2 is 1.76 bits per heavy atom. The van der Waals surface area contributed by atoms with Gasteiger partial charge in [0.1, 0.15) is 11.5 Å². The van der Waals surface area contributed by atoms with Crippen molar-refractivity contribution in [3.8, 4) is 5.88 Å². The molecule has 4 N–H and O–H groups in total. The third-order valence-electron chi connectivity index (χ3n) is 10.2. The van der Waals surface area contributed by atoms with Crippen molar-refractivity contribution in [1.29, 1.82) is 0 Å². The maximum absolute atomic E-state index is 11.8. The van der Waals surface area contributed by atoms with Gasteiger partial charge in [0.2, 0.25) is 17.7 Å². The summed E-state index contributed by atoms with van der Waals surface area (Å²) in [6.45, 7) is 2.56. The number of ether oxygens (including phenoxy) is 1. The molecule has 2 fully saturated rings. The van der Waals surface area contributed by atoms with Gasteiger partial charge in [-0.15, -0.1) is 11.6 Å². The number of halogens is 2. The van der Waals surface area contributed by atoms with Crippen LogP contribution in [-0.4, -0.2) is 78.0 Å². The van der Waals surface area contributed by atoms with Crippen molar-refractivity contribution in [3.05, 3.63) is 94.1 Å². The summed E-state index contributed by atoms with van der Waals surface area (Å²) in [5.41, 5.74) is 3.70. The predicted octanol–water partition coefficient (Wildman–Crippen LogP) is 4.20. The van der Waals surface area contributed by atoms with Crippen molar-refractivity contribution in [2.75, 3.05) is 38.7 Å². The Hall–Kier alpha value is -4.03. The number of nitrogens with one attached hydrogen (secondary N) is 4. The second kappa shape index (κ2) is 14.7. The van der Waals surface area contributed by atoms with Gasteiger partial charge in [0, 0.05) is 74.8 Å².